The average Bonchev–Trinajstić information content (AvgIpc) is 2.98. The third kappa shape index (κ3) is 2.09. The Bertz CT molecular complexity index is 502. The Labute approximate surface area is 103 Å². The van der Waals surface area contributed by atoms with Gasteiger partial charge in [0.05, 0.1) is 5.69 Å². The van der Waals surface area contributed by atoms with Crippen molar-refractivity contribution >= 4 is 11.8 Å². The topological polar surface area (TPSA) is 65.0 Å². The standard InChI is InChI=1S/C11H13N3O2S/c1-7-9(15-6-12-7)11-14-13-10(16-11)8-2-4-17-5-3-8/h6,8H,2-5H2,1H3. The first kappa shape index (κ1) is 10.8. The van der Waals surface area contributed by atoms with Crippen molar-refractivity contribution in [3.63, 3.8) is 0 Å². The molecule has 3 rings (SSSR count). The minimum Gasteiger partial charge on any atom is -0.438 e. The van der Waals surface area contributed by atoms with E-state index in [1.54, 1.807) is 0 Å². The van der Waals surface area contributed by atoms with Crippen LogP contribution >= 0.6 is 11.8 Å². The van der Waals surface area contributed by atoms with E-state index in [-0.39, 0.29) is 0 Å². The first-order valence-corrected chi connectivity index (χ1v) is 6.81. The number of nitrogens with zero attached hydrogens (tertiary/aromatic N) is 3. The number of oxazole rings is 1. The van der Waals surface area contributed by atoms with E-state index in [9.17, 15) is 0 Å². The van der Waals surface area contributed by atoms with Crippen LogP contribution in [0, 0.1) is 6.92 Å². The number of hydrogen-bond donors (Lipinski definition) is 0. The van der Waals surface area contributed by atoms with Crippen LogP contribution in [0.5, 0.6) is 0 Å². The molecule has 0 unspecified atom stereocenters. The van der Waals surface area contributed by atoms with Gasteiger partial charge in [0, 0.05) is 5.92 Å². The molecule has 0 spiro atoms. The predicted molar refractivity (Wildman–Crippen MR) is 63.8 cm³/mol. The average molecular weight is 251 g/mol. The van der Waals surface area contributed by atoms with Gasteiger partial charge in [-0.1, -0.05) is 0 Å². The molecule has 1 saturated heterocycles. The highest BCUT2D eigenvalue weighted by Crippen LogP contribution is 2.32. The van der Waals surface area contributed by atoms with Crippen molar-refractivity contribution in [3.05, 3.63) is 18.0 Å². The Morgan fingerprint density at radius 3 is 2.82 bits per heavy atom. The van der Waals surface area contributed by atoms with Crippen LogP contribution in [-0.4, -0.2) is 26.7 Å². The summed E-state index contributed by atoms with van der Waals surface area (Å²) in [6.07, 6.45) is 3.62. The van der Waals surface area contributed by atoms with Crippen LogP contribution in [0.1, 0.15) is 30.3 Å². The molecule has 2 aromatic rings. The number of aryl methyl sites for hydroxylation is 1. The lowest BCUT2D eigenvalue weighted by atomic mass is 10.0. The van der Waals surface area contributed by atoms with Crippen LogP contribution in [0.25, 0.3) is 11.7 Å². The third-order valence-corrected chi connectivity index (χ3v) is 4.00. The van der Waals surface area contributed by atoms with Gasteiger partial charge in [-0.05, 0) is 31.3 Å². The van der Waals surface area contributed by atoms with Gasteiger partial charge in [-0.15, -0.1) is 10.2 Å². The molecular formula is C11H13N3O2S. The number of thioether (sulfide) groups is 1. The monoisotopic (exact) mass is 251 g/mol. The first-order chi connectivity index (χ1) is 8.34. The van der Waals surface area contributed by atoms with E-state index in [0.29, 0.717) is 17.6 Å². The smallest absolute Gasteiger partial charge is 0.285 e. The van der Waals surface area contributed by atoms with E-state index >= 15 is 0 Å². The second-order valence-electron chi connectivity index (χ2n) is 4.10. The molecule has 17 heavy (non-hydrogen) atoms. The van der Waals surface area contributed by atoms with E-state index in [0.717, 1.165) is 24.4 Å². The Morgan fingerprint density at radius 1 is 1.29 bits per heavy atom. The molecular weight excluding hydrogens is 238 g/mol. The van der Waals surface area contributed by atoms with Gasteiger partial charge in [0.1, 0.15) is 0 Å². The molecule has 0 amide bonds. The van der Waals surface area contributed by atoms with Gasteiger partial charge >= 0.3 is 0 Å². The van der Waals surface area contributed by atoms with Crippen LogP contribution in [-0.2, 0) is 0 Å². The molecule has 0 bridgehead atoms. The van der Waals surface area contributed by atoms with Gasteiger partial charge < -0.3 is 8.83 Å². The normalized spacial score (nSPS) is 17.5. The second kappa shape index (κ2) is 4.52. The van der Waals surface area contributed by atoms with E-state index < -0.39 is 0 Å². The molecule has 3 heterocycles. The van der Waals surface area contributed by atoms with Crippen molar-refractivity contribution in [3.8, 4) is 11.7 Å². The van der Waals surface area contributed by atoms with Crippen LogP contribution < -0.4 is 0 Å². The van der Waals surface area contributed by atoms with Crippen molar-refractivity contribution in [1.29, 1.82) is 0 Å². The summed E-state index contributed by atoms with van der Waals surface area (Å²) in [5.74, 6) is 4.49. The largest absolute Gasteiger partial charge is 0.438 e. The minimum absolute atomic E-state index is 0.403. The van der Waals surface area contributed by atoms with Gasteiger partial charge in [-0.2, -0.15) is 11.8 Å². The maximum absolute atomic E-state index is 5.68. The highest BCUT2D eigenvalue weighted by atomic mass is 32.2. The van der Waals surface area contributed by atoms with Gasteiger partial charge in [-0.3, -0.25) is 0 Å². The molecule has 0 aliphatic carbocycles. The quantitative estimate of drug-likeness (QED) is 0.817. The molecule has 1 aliphatic heterocycles. The summed E-state index contributed by atoms with van der Waals surface area (Å²) in [5, 5.41) is 8.16. The number of aromatic nitrogens is 3. The SMILES string of the molecule is Cc1ncoc1-c1nnc(C2CCSCC2)o1. The van der Waals surface area contributed by atoms with Gasteiger partial charge in [0.15, 0.2) is 6.39 Å². The second-order valence-corrected chi connectivity index (χ2v) is 5.32. The summed E-state index contributed by atoms with van der Waals surface area (Å²) in [7, 11) is 0. The molecule has 0 N–H and O–H groups in total. The van der Waals surface area contributed by atoms with E-state index in [4.69, 9.17) is 8.83 Å². The Kier molecular flexibility index (Phi) is 2.88. The molecule has 0 saturated carbocycles. The lowest BCUT2D eigenvalue weighted by molar-refractivity contribution is 0.427. The predicted octanol–water partition coefficient (Wildman–Crippen LogP) is 2.64. The molecule has 6 heteroatoms. The zero-order valence-corrected chi connectivity index (χ0v) is 10.4. The maximum Gasteiger partial charge on any atom is 0.285 e. The van der Waals surface area contributed by atoms with E-state index in [1.165, 1.54) is 17.9 Å². The van der Waals surface area contributed by atoms with Gasteiger partial charge in [0.25, 0.3) is 5.89 Å². The van der Waals surface area contributed by atoms with Crippen LogP contribution in [0.4, 0.5) is 0 Å². The van der Waals surface area contributed by atoms with E-state index in [2.05, 4.69) is 15.2 Å². The maximum atomic E-state index is 5.68. The third-order valence-electron chi connectivity index (χ3n) is 2.95. The van der Waals surface area contributed by atoms with E-state index in [1.807, 2.05) is 18.7 Å². The van der Waals surface area contributed by atoms with Crippen LogP contribution in [0.15, 0.2) is 15.2 Å². The summed E-state index contributed by atoms with van der Waals surface area (Å²) in [4.78, 5) is 4.02. The van der Waals surface area contributed by atoms with Crippen LogP contribution in [0.2, 0.25) is 0 Å². The Morgan fingerprint density at radius 2 is 2.12 bits per heavy atom. The van der Waals surface area contributed by atoms with Crippen molar-refractivity contribution in [1.82, 2.24) is 15.2 Å². The summed E-state index contributed by atoms with van der Waals surface area (Å²) in [6, 6.07) is 0. The van der Waals surface area contributed by atoms with Gasteiger partial charge in [-0.25, -0.2) is 4.98 Å². The first-order valence-electron chi connectivity index (χ1n) is 5.66. The zero-order chi connectivity index (χ0) is 11.7. The fraction of sp³-hybridized carbons (Fsp3) is 0.545. The molecule has 2 aromatic heterocycles. The van der Waals surface area contributed by atoms with Crippen LogP contribution in [0.3, 0.4) is 0 Å². The summed E-state index contributed by atoms with van der Waals surface area (Å²) in [6.45, 7) is 1.86. The number of hydrogen-bond acceptors (Lipinski definition) is 6. The fourth-order valence-electron chi connectivity index (χ4n) is 1.94. The summed E-state index contributed by atoms with van der Waals surface area (Å²) < 4.78 is 10.9. The van der Waals surface area contributed by atoms with Crippen molar-refractivity contribution in [2.45, 2.75) is 25.7 Å². The van der Waals surface area contributed by atoms with Gasteiger partial charge in [0.2, 0.25) is 11.7 Å². The molecule has 90 valence electrons. The summed E-state index contributed by atoms with van der Waals surface area (Å²) >= 11 is 1.98. The molecule has 1 aliphatic rings. The summed E-state index contributed by atoms with van der Waals surface area (Å²) in [5.41, 5.74) is 0.777. The van der Waals surface area contributed by atoms with Crippen molar-refractivity contribution in [2.75, 3.05) is 11.5 Å². The molecule has 0 atom stereocenters. The number of rotatable bonds is 2. The van der Waals surface area contributed by atoms with Crippen molar-refractivity contribution in [2.24, 2.45) is 0 Å². The van der Waals surface area contributed by atoms with Crippen molar-refractivity contribution < 1.29 is 8.83 Å². The molecule has 0 aromatic carbocycles. The minimum atomic E-state index is 0.403. The Balaban J connectivity index is 1.85. The molecule has 1 fully saturated rings. The zero-order valence-electron chi connectivity index (χ0n) is 9.55. The Hall–Kier alpha value is -1.30. The molecule has 5 nitrogen and oxygen atoms in total. The molecule has 0 radical (unpaired) electrons. The highest BCUT2D eigenvalue weighted by molar-refractivity contribution is 7.99. The lowest BCUT2D eigenvalue weighted by Gasteiger charge is -2.17. The fourth-order valence-corrected chi connectivity index (χ4v) is 3.05. The lowest BCUT2D eigenvalue weighted by Crippen LogP contribution is -2.07. The highest BCUT2D eigenvalue weighted by Gasteiger charge is 2.23.